The third-order valence-corrected chi connectivity index (χ3v) is 7.12. The minimum absolute atomic E-state index is 0.147. The lowest BCUT2D eigenvalue weighted by atomic mass is 9.96. The second kappa shape index (κ2) is 8.79. The van der Waals surface area contributed by atoms with E-state index in [0.717, 1.165) is 69.5 Å². The molecule has 0 bridgehead atoms. The highest BCUT2D eigenvalue weighted by molar-refractivity contribution is 8.18. The number of thioether (sulfide) groups is 1. The number of benzene rings is 3. The second-order valence-electron chi connectivity index (χ2n) is 8.30. The van der Waals surface area contributed by atoms with E-state index in [2.05, 4.69) is 6.07 Å². The molecule has 162 valence electrons. The Morgan fingerprint density at radius 3 is 2.09 bits per heavy atom. The molecule has 0 aliphatic carbocycles. The fraction of sp³-hybridized carbons (Fsp3) is 0.269. The summed E-state index contributed by atoms with van der Waals surface area (Å²) in [6.07, 6.45) is 6.00. The van der Waals surface area contributed by atoms with Gasteiger partial charge in [-0.1, -0.05) is 61.4 Å². The van der Waals surface area contributed by atoms with E-state index in [1.165, 1.54) is 0 Å². The summed E-state index contributed by atoms with van der Waals surface area (Å²) in [4.78, 5) is 41.8. The van der Waals surface area contributed by atoms with E-state index in [1.54, 1.807) is 4.90 Å². The number of carbonyl (C=O) groups is 3. The first-order valence-electron chi connectivity index (χ1n) is 11.1. The highest BCUT2D eigenvalue weighted by Crippen LogP contribution is 2.36. The van der Waals surface area contributed by atoms with E-state index in [-0.39, 0.29) is 23.6 Å². The van der Waals surface area contributed by atoms with Crippen LogP contribution in [0.2, 0.25) is 0 Å². The van der Waals surface area contributed by atoms with Crippen LogP contribution in [-0.4, -0.2) is 46.5 Å². The summed E-state index contributed by atoms with van der Waals surface area (Å²) >= 11 is 0.914. The molecule has 0 aromatic heterocycles. The van der Waals surface area contributed by atoms with Gasteiger partial charge in [0, 0.05) is 13.1 Å². The van der Waals surface area contributed by atoms with Crippen LogP contribution in [-0.2, 0) is 9.59 Å². The molecule has 5 nitrogen and oxygen atoms in total. The largest absolute Gasteiger partial charge is 0.341 e. The van der Waals surface area contributed by atoms with Crippen molar-refractivity contribution >= 4 is 56.4 Å². The Bertz CT molecular complexity index is 1200. The molecule has 32 heavy (non-hydrogen) atoms. The zero-order chi connectivity index (χ0) is 22.1. The van der Waals surface area contributed by atoms with Crippen molar-refractivity contribution in [2.45, 2.75) is 25.7 Å². The van der Waals surface area contributed by atoms with Gasteiger partial charge in [-0.25, -0.2) is 0 Å². The minimum Gasteiger partial charge on any atom is -0.341 e. The van der Waals surface area contributed by atoms with E-state index >= 15 is 0 Å². The normalized spacial score (nSPS) is 18.7. The molecule has 2 fully saturated rings. The molecule has 0 N–H and O–H groups in total. The summed E-state index contributed by atoms with van der Waals surface area (Å²) in [6, 6.07) is 18.2. The lowest BCUT2D eigenvalue weighted by Crippen LogP contribution is -2.42. The molecule has 2 aliphatic rings. The van der Waals surface area contributed by atoms with Crippen LogP contribution in [0.4, 0.5) is 4.79 Å². The molecular formula is C26H24N2O3S. The van der Waals surface area contributed by atoms with Gasteiger partial charge in [-0.15, -0.1) is 0 Å². The van der Waals surface area contributed by atoms with Crippen LogP contribution < -0.4 is 0 Å². The first-order valence-corrected chi connectivity index (χ1v) is 11.9. The summed E-state index contributed by atoms with van der Waals surface area (Å²) in [7, 11) is 0. The van der Waals surface area contributed by atoms with Crippen LogP contribution in [0.5, 0.6) is 0 Å². The zero-order valence-corrected chi connectivity index (χ0v) is 18.6. The fourth-order valence-corrected chi connectivity index (χ4v) is 5.35. The number of amides is 3. The zero-order valence-electron chi connectivity index (χ0n) is 17.8. The number of nitrogens with zero attached hydrogens (tertiary/aromatic N) is 2. The third kappa shape index (κ3) is 3.91. The van der Waals surface area contributed by atoms with Gasteiger partial charge in [0.2, 0.25) is 5.91 Å². The number of hydrogen-bond donors (Lipinski definition) is 0. The maximum Gasteiger partial charge on any atom is 0.294 e. The van der Waals surface area contributed by atoms with Crippen molar-refractivity contribution < 1.29 is 14.4 Å². The molecule has 2 saturated heterocycles. The molecule has 3 amide bonds. The number of fused-ring (bicyclic) bond motifs is 2. The molecule has 6 heteroatoms. The van der Waals surface area contributed by atoms with Crippen LogP contribution in [0.1, 0.15) is 31.2 Å². The molecular weight excluding hydrogens is 420 g/mol. The number of carbonyl (C=O) groups excluding carboxylic acids is 3. The summed E-state index contributed by atoms with van der Waals surface area (Å²) < 4.78 is 0. The Morgan fingerprint density at radius 2 is 1.47 bits per heavy atom. The van der Waals surface area contributed by atoms with E-state index in [9.17, 15) is 14.4 Å². The highest BCUT2D eigenvalue weighted by Gasteiger charge is 2.37. The number of imide groups is 1. The van der Waals surface area contributed by atoms with Gasteiger partial charge in [0.15, 0.2) is 0 Å². The van der Waals surface area contributed by atoms with E-state index < -0.39 is 0 Å². The highest BCUT2D eigenvalue weighted by atomic mass is 32.2. The van der Waals surface area contributed by atoms with Crippen molar-refractivity contribution in [2.75, 3.05) is 19.6 Å². The molecule has 0 unspecified atom stereocenters. The topological polar surface area (TPSA) is 57.7 Å². The lowest BCUT2D eigenvalue weighted by Gasteiger charge is -2.22. The third-order valence-electron chi connectivity index (χ3n) is 6.21. The Balaban J connectivity index is 1.47. The van der Waals surface area contributed by atoms with Crippen LogP contribution in [0.15, 0.2) is 59.5 Å². The predicted molar refractivity (Wildman–Crippen MR) is 129 cm³/mol. The van der Waals surface area contributed by atoms with Crippen molar-refractivity contribution in [3.8, 4) is 0 Å². The monoisotopic (exact) mass is 444 g/mol. The molecule has 0 saturated carbocycles. The molecule has 0 atom stereocenters. The Labute approximate surface area is 191 Å². The van der Waals surface area contributed by atoms with Gasteiger partial charge in [0.1, 0.15) is 6.54 Å². The Morgan fingerprint density at radius 1 is 0.875 bits per heavy atom. The molecule has 3 aromatic rings. The molecule has 0 spiro atoms. The smallest absolute Gasteiger partial charge is 0.294 e. The summed E-state index contributed by atoms with van der Waals surface area (Å²) in [5.41, 5.74) is 0.919. The standard InChI is InChI=1S/C26H24N2O3S/c29-24(27-13-7-1-2-8-14-27)17-28-25(30)23(32-26(28)31)16-22-20-11-5-3-9-18(20)15-19-10-4-6-12-21(19)22/h3-6,9-12,15-16H,1-2,7-8,13-14,17H2/b23-16+. The summed E-state index contributed by atoms with van der Waals surface area (Å²) in [5.74, 6) is -0.536. The predicted octanol–water partition coefficient (Wildman–Crippen LogP) is 5.43. The van der Waals surface area contributed by atoms with Gasteiger partial charge in [0.25, 0.3) is 11.1 Å². The van der Waals surface area contributed by atoms with Gasteiger partial charge in [-0.2, -0.15) is 0 Å². The van der Waals surface area contributed by atoms with Crippen LogP contribution in [0, 0.1) is 0 Å². The van der Waals surface area contributed by atoms with Crippen molar-refractivity contribution in [3.05, 3.63) is 65.1 Å². The van der Waals surface area contributed by atoms with Crippen LogP contribution >= 0.6 is 11.8 Å². The Kier molecular flexibility index (Phi) is 5.70. The van der Waals surface area contributed by atoms with Crippen molar-refractivity contribution in [2.24, 2.45) is 0 Å². The van der Waals surface area contributed by atoms with Gasteiger partial charge < -0.3 is 4.90 Å². The summed E-state index contributed by atoms with van der Waals surface area (Å²) in [6.45, 7) is 1.22. The molecule has 2 aliphatic heterocycles. The van der Waals surface area contributed by atoms with Gasteiger partial charge >= 0.3 is 0 Å². The maximum absolute atomic E-state index is 13.1. The van der Waals surface area contributed by atoms with Crippen molar-refractivity contribution in [1.82, 2.24) is 9.80 Å². The molecule has 3 aromatic carbocycles. The maximum atomic E-state index is 13.1. The first-order chi connectivity index (χ1) is 15.6. The average Bonchev–Trinajstić information content (AvgIpc) is 2.99. The van der Waals surface area contributed by atoms with E-state index in [0.29, 0.717) is 18.0 Å². The molecule has 2 heterocycles. The van der Waals surface area contributed by atoms with E-state index in [1.807, 2.05) is 54.6 Å². The quantitative estimate of drug-likeness (QED) is 0.399. The fourth-order valence-electron chi connectivity index (χ4n) is 4.53. The van der Waals surface area contributed by atoms with Crippen molar-refractivity contribution in [3.63, 3.8) is 0 Å². The first kappa shape index (κ1) is 20.8. The second-order valence-corrected chi connectivity index (χ2v) is 9.29. The average molecular weight is 445 g/mol. The lowest BCUT2D eigenvalue weighted by molar-refractivity contribution is -0.135. The van der Waals surface area contributed by atoms with Crippen molar-refractivity contribution in [1.29, 1.82) is 0 Å². The summed E-state index contributed by atoms with van der Waals surface area (Å²) in [5, 5.41) is 3.83. The van der Waals surface area contributed by atoms with Gasteiger partial charge in [-0.3, -0.25) is 19.3 Å². The van der Waals surface area contributed by atoms with E-state index in [4.69, 9.17) is 0 Å². The number of hydrogen-bond acceptors (Lipinski definition) is 4. The molecule has 5 rings (SSSR count). The van der Waals surface area contributed by atoms with Crippen LogP contribution in [0.3, 0.4) is 0 Å². The number of rotatable bonds is 3. The van der Waals surface area contributed by atoms with Crippen LogP contribution in [0.25, 0.3) is 27.6 Å². The number of likely N-dealkylation sites (tertiary alicyclic amines) is 1. The Hall–Kier alpha value is -3.12. The minimum atomic E-state index is -0.389. The van der Waals surface area contributed by atoms with Gasteiger partial charge in [0.05, 0.1) is 4.91 Å². The molecule has 0 radical (unpaired) electrons. The van der Waals surface area contributed by atoms with Gasteiger partial charge in [-0.05, 0) is 63.9 Å². The SMILES string of the molecule is O=C(CN1C(=O)S/C(=C/c2c3ccccc3cc3ccccc23)C1=O)N1CCCCCC1.